The lowest BCUT2D eigenvalue weighted by Gasteiger charge is -2.37. The number of ether oxygens (including phenoxy) is 2. The summed E-state index contributed by atoms with van der Waals surface area (Å²) in [4.78, 5) is 40.6. The van der Waals surface area contributed by atoms with Crippen molar-refractivity contribution < 1.29 is 23.9 Å². The van der Waals surface area contributed by atoms with E-state index in [1.165, 1.54) is 4.90 Å². The van der Waals surface area contributed by atoms with E-state index in [-0.39, 0.29) is 41.4 Å². The molecule has 7 atom stereocenters. The zero-order valence-electron chi connectivity index (χ0n) is 19.0. The van der Waals surface area contributed by atoms with E-state index in [1.807, 2.05) is 24.3 Å². The lowest BCUT2D eigenvalue weighted by Crippen LogP contribution is -2.46. The van der Waals surface area contributed by atoms with E-state index >= 15 is 0 Å². The van der Waals surface area contributed by atoms with Crippen LogP contribution in [0, 0.1) is 35.5 Å². The van der Waals surface area contributed by atoms with Crippen LogP contribution in [-0.4, -0.2) is 35.8 Å². The number of nitrogens with zero attached hydrogens (tertiary/aromatic N) is 1. The molecule has 7 heteroatoms. The molecule has 7 nitrogen and oxygen atoms in total. The van der Waals surface area contributed by atoms with Gasteiger partial charge in [0.05, 0.1) is 18.9 Å². The van der Waals surface area contributed by atoms with Crippen LogP contribution in [0.4, 0.5) is 5.69 Å². The van der Waals surface area contributed by atoms with Crippen LogP contribution in [0.1, 0.15) is 13.3 Å². The van der Waals surface area contributed by atoms with Crippen molar-refractivity contribution in [2.45, 2.75) is 19.4 Å². The van der Waals surface area contributed by atoms with Gasteiger partial charge in [0.1, 0.15) is 23.3 Å². The van der Waals surface area contributed by atoms with Gasteiger partial charge in [0.15, 0.2) is 0 Å². The molecule has 2 saturated carbocycles. The predicted molar refractivity (Wildman–Crippen MR) is 124 cm³/mol. The van der Waals surface area contributed by atoms with Crippen molar-refractivity contribution >= 4 is 23.4 Å². The summed E-state index contributed by atoms with van der Waals surface area (Å²) in [6.07, 6.45) is 5.38. The number of likely N-dealkylation sites (tertiary alicyclic amines) is 1. The van der Waals surface area contributed by atoms with Crippen LogP contribution >= 0.6 is 0 Å². The third-order valence-electron chi connectivity index (χ3n) is 7.88. The zero-order valence-corrected chi connectivity index (χ0v) is 19.0. The number of rotatable bonds is 6. The topological polar surface area (TPSA) is 84.9 Å². The van der Waals surface area contributed by atoms with Gasteiger partial charge in [-0.1, -0.05) is 12.2 Å². The van der Waals surface area contributed by atoms with E-state index < -0.39 is 6.04 Å². The molecule has 1 heterocycles. The Morgan fingerprint density at radius 1 is 0.882 bits per heavy atom. The fraction of sp³-hybridized carbons (Fsp3) is 0.370. The van der Waals surface area contributed by atoms with Gasteiger partial charge in [-0.25, -0.2) is 0 Å². The summed E-state index contributed by atoms with van der Waals surface area (Å²) in [5, 5.41) is 2.83. The monoisotopic (exact) mass is 458 g/mol. The number of anilines is 1. The minimum atomic E-state index is -0.864. The van der Waals surface area contributed by atoms with E-state index in [1.54, 1.807) is 38.3 Å². The second-order valence-electron chi connectivity index (χ2n) is 9.67. The Labute approximate surface area is 197 Å². The molecule has 34 heavy (non-hydrogen) atoms. The Hall–Kier alpha value is -3.61. The average molecular weight is 459 g/mol. The normalized spacial score (nSPS) is 31.1. The van der Waals surface area contributed by atoms with Crippen molar-refractivity contribution in [2.24, 2.45) is 35.5 Å². The molecule has 2 aromatic carbocycles. The smallest absolute Gasteiger partial charge is 0.247 e. The van der Waals surface area contributed by atoms with Gasteiger partial charge in [0.2, 0.25) is 17.7 Å². The quantitative estimate of drug-likeness (QED) is 0.525. The van der Waals surface area contributed by atoms with Crippen LogP contribution in [0.2, 0.25) is 0 Å². The molecule has 0 unspecified atom stereocenters. The van der Waals surface area contributed by atoms with Crippen molar-refractivity contribution in [1.82, 2.24) is 4.90 Å². The van der Waals surface area contributed by atoms with Crippen LogP contribution in [0.3, 0.4) is 0 Å². The molecule has 0 radical (unpaired) electrons. The molecule has 1 N–H and O–H groups in total. The highest BCUT2D eigenvalue weighted by Crippen LogP contribution is 2.65. The van der Waals surface area contributed by atoms with Gasteiger partial charge in [-0.2, -0.15) is 0 Å². The van der Waals surface area contributed by atoms with Gasteiger partial charge in [0, 0.05) is 5.69 Å². The number of allylic oxidation sites excluding steroid dienone is 2. The van der Waals surface area contributed by atoms with Gasteiger partial charge in [-0.15, -0.1) is 0 Å². The SMILES string of the molecule is COc1ccc(Oc2ccc(NC(=O)[C@@H](C)N3C(=O)[C@@H]4[C@@H]5C=C[C@@H]([C@H]6C[C@@H]56)[C@@H]4C3=O)cc2)cc1. The molecule has 3 fully saturated rings. The van der Waals surface area contributed by atoms with Crippen LogP contribution in [0.5, 0.6) is 17.2 Å². The maximum Gasteiger partial charge on any atom is 0.247 e. The van der Waals surface area contributed by atoms with E-state index in [0.29, 0.717) is 29.0 Å². The third-order valence-corrected chi connectivity index (χ3v) is 7.88. The van der Waals surface area contributed by atoms with E-state index in [0.717, 1.165) is 12.2 Å². The largest absolute Gasteiger partial charge is 0.497 e. The first kappa shape index (κ1) is 21.0. The van der Waals surface area contributed by atoms with Crippen LogP contribution < -0.4 is 14.8 Å². The van der Waals surface area contributed by atoms with Crippen LogP contribution in [0.15, 0.2) is 60.7 Å². The second kappa shape index (κ2) is 7.72. The number of imide groups is 1. The van der Waals surface area contributed by atoms with Crippen molar-refractivity contribution in [3.05, 3.63) is 60.7 Å². The lowest BCUT2D eigenvalue weighted by atomic mass is 9.63. The number of nitrogens with one attached hydrogen (secondary N) is 1. The van der Waals surface area contributed by atoms with E-state index in [4.69, 9.17) is 9.47 Å². The number of methoxy groups -OCH3 is 1. The Morgan fingerprint density at radius 2 is 1.38 bits per heavy atom. The van der Waals surface area contributed by atoms with Gasteiger partial charge in [0.25, 0.3) is 0 Å². The summed E-state index contributed by atoms with van der Waals surface area (Å²) in [6.45, 7) is 1.62. The number of amides is 3. The maximum absolute atomic E-state index is 13.2. The molecular formula is C27H26N2O5. The van der Waals surface area contributed by atoms with Gasteiger partial charge in [-0.05, 0) is 85.5 Å². The Morgan fingerprint density at radius 3 is 1.91 bits per heavy atom. The number of carbonyl (C=O) groups is 3. The third kappa shape index (κ3) is 3.22. The minimum absolute atomic E-state index is 0.148. The summed E-state index contributed by atoms with van der Waals surface area (Å²) < 4.78 is 11.0. The molecule has 2 bridgehead atoms. The molecule has 174 valence electrons. The summed E-state index contributed by atoms with van der Waals surface area (Å²) >= 11 is 0. The van der Waals surface area contributed by atoms with Gasteiger partial charge in [-0.3, -0.25) is 19.3 Å². The summed E-state index contributed by atoms with van der Waals surface area (Å²) in [5.41, 5.74) is 0.568. The first-order valence-corrected chi connectivity index (χ1v) is 11.7. The van der Waals surface area contributed by atoms with Crippen LogP contribution in [0.25, 0.3) is 0 Å². The highest BCUT2D eigenvalue weighted by Gasteiger charge is 2.67. The molecule has 3 amide bonds. The number of carbonyl (C=O) groups excluding carboxylic acids is 3. The maximum atomic E-state index is 13.2. The second-order valence-corrected chi connectivity index (χ2v) is 9.67. The zero-order chi connectivity index (χ0) is 23.6. The Kier molecular flexibility index (Phi) is 4.76. The van der Waals surface area contributed by atoms with E-state index in [9.17, 15) is 14.4 Å². The van der Waals surface area contributed by atoms with Crippen molar-refractivity contribution in [2.75, 3.05) is 12.4 Å². The number of benzene rings is 2. The predicted octanol–water partition coefficient (Wildman–Crippen LogP) is 3.87. The molecular weight excluding hydrogens is 432 g/mol. The summed E-state index contributed by atoms with van der Waals surface area (Å²) in [7, 11) is 1.61. The fourth-order valence-corrected chi connectivity index (χ4v) is 6.11. The Bertz CT molecular complexity index is 1150. The highest BCUT2D eigenvalue weighted by atomic mass is 16.5. The number of hydrogen-bond acceptors (Lipinski definition) is 5. The molecule has 7 rings (SSSR count). The number of hydrogen-bond donors (Lipinski definition) is 1. The van der Waals surface area contributed by atoms with E-state index in [2.05, 4.69) is 17.5 Å². The first-order valence-electron chi connectivity index (χ1n) is 11.7. The molecule has 1 saturated heterocycles. The molecule has 2 aromatic rings. The van der Waals surface area contributed by atoms with Crippen molar-refractivity contribution in [3.63, 3.8) is 0 Å². The minimum Gasteiger partial charge on any atom is -0.497 e. The lowest BCUT2D eigenvalue weighted by molar-refractivity contribution is -0.146. The molecule has 0 spiro atoms. The van der Waals surface area contributed by atoms with Crippen LogP contribution in [-0.2, 0) is 14.4 Å². The van der Waals surface area contributed by atoms with Gasteiger partial charge < -0.3 is 14.8 Å². The van der Waals surface area contributed by atoms with Crippen molar-refractivity contribution in [1.29, 1.82) is 0 Å². The molecule has 0 aromatic heterocycles. The molecule has 4 aliphatic carbocycles. The summed E-state index contributed by atoms with van der Waals surface area (Å²) in [6, 6.07) is 13.3. The summed E-state index contributed by atoms with van der Waals surface area (Å²) in [5.74, 6) is 2.05. The van der Waals surface area contributed by atoms with Gasteiger partial charge >= 0.3 is 0 Å². The molecule has 5 aliphatic rings. The first-order chi connectivity index (χ1) is 16.5. The Balaban J connectivity index is 1.11. The molecule has 1 aliphatic heterocycles. The highest BCUT2D eigenvalue weighted by molar-refractivity contribution is 6.10. The standard InChI is InChI=1S/C27H26N2O5/c1-14(29-26(31)23-19-11-12-20(22-13-21(19)22)24(23)27(29)32)25(30)28-15-3-5-17(6-4-15)34-18-9-7-16(33-2)8-10-18/h3-12,14,19-24H,13H2,1-2H3,(H,28,30)/t14-,19-,20+,21+,22-,23-,24+/m1/s1. The fourth-order valence-electron chi connectivity index (χ4n) is 6.11. The average Bonchev–Trinajstić information content (AvgIpc) is 3.63. The van der Waals surface area contributed by atoms with Crippen molar-refractivity contribution in [3.8, 4) is 17.2 Å².